The molecule has 0 fully saturated rings. The highest BCUT2D eigenvalue weighted by Crippen LogP contribution is 2.28. The number of anilines is 1. The van der Waals surface area contributed by atoms with Gasteiger partial charge in [0.1, 0.15) is 5.75 Å². The number of carbonyl (C=O) groups is 1. The Morgan fingerprint density at radius 1 is 1.17 bits per heavy atom. The van der Waals surface area contributed by atoms with Gasteiger partial charge >= 0.3 is 0 Å². The normalized spacial score (nSPS) is 13.7. The molecule has 0 saturated heterocycles. The van der Waals surface area contributed by atoms with Crippen LogP contribution >= 0.6 is 11.8 Å². The van der Waals surface area contributed by atoms with Gasteiger partial charge in [-0.2, -0.15) is 0 Å². The van der Waals surface area contributed by atoms with Gasteiger partial charge in [0, 0.05) is 11.3 Å². The van der Waals surface area contributed by atoms with Crippen molar-refractivity contribution in [3.8, 4) is 17.1 Å². The first-order valence-electron chi connectivity index (χ1n) is 9.49. The predicted octanol–water partition coefficient (Wildman–Crippen LogP) is 3.28. The SMILES string of the molecule is COc1ccc(-c2nnc(S[C@@H](C)C(=O)Nc3ccc4c(c3)CCC4)n2N)cc1. The van der Waals surface area contributed by atoms with Gasteiger partial charge < -0.3 is 15.9 Å². The molecule has 2 aromatic carbocycles. The van der Waals surface area contributed by atoms with Gasteiger partial charge in [-0.15, -0.1) is 10.2 Å². The molecule has 3 N–H and O–H groups in total. The number of fused-ring (bicyclic) bond motifs is 1. The maximum atomic E-state index is 12.6. The van der Waals surface area contributed by atoms with E-state index in [1.807, 2.05) is 37.3 Å². The summed E-state index contributed by atoms with van der Waals surface area (Å²) in [7, 11) is 1.62. The molecule has 1 aliphatic carbocycles. The lowest BCUT2D eigenvalue weighted by atomic mass is 10.1. The van der Waals surface area contributed by atoms with Crippen LogP contribution in [0.4, 0.5) is 5.69 Å². The third-order valence-electron chi connectivity index (χ3n) is 5.03. The number of nitrogens with one attached hydrogen (secondary N) is 1. The summed E-state index contributed by atoms with van der Waals surface area (Å²) in [5.74, 6) is 7.36. The van der Waals surface area contributed by atoms with Crippen molar-refractivity contribution in [3.05, 3.63) is 53.6 Å². The second-order valence-corrected chi connectivity index (χ2v) is 8.30. The number of thioether (sulfide) groups is 1. The monoisotopic (exact) mass is 409 g/mol. The van der Waals surface area contributed by atoms with Gasteiger partial charge in [0.05, 0.1) is 12.4 Å². The first kappa shape index (κ1) is 19.3. The quantitative estimate of drug-likeness (QED) is 0.479. The number of aryl methyl sites for hydroxylation is 2. The Labute approximate surface area is 173 Å². The Hall–Kier alpha value is -3.00. The fraction of sp³-hybridized carbons (Fsp3) is 0.286. The van der Waals surface area contributed by atoms with Gasteiger partial charge in [0.25, 0.3) is 0 Å². The van der Waals surface area contributed by atoms with Crippen LogP contribution in [-0.4, -0.2) is 33.1 Å². The van der Waals surface area contributed by atoms with E-state index in [2.05, 4.69) is 27.6 Å². The zero-order valence-electron chi connectivity index (χ0n) is 16.4. The van der Waals surface area contributed by atoms with Gasteiger partial charge in [-0.3, -0.25) is 4.79 Å². The molecule has 0 unspecified atom stereocenters. The Kier molecular flexibility index (Phi) is 5.44. The molecule has 4 rings (SSSR count). The van der Waals surface area contributed by atoms with Crippen molar-refractivity contribution in [3.63, 3.8) is 0 Å². The van der Waals surface area contributed by atoms with Crippen molar-refractivity contribution < 1.29 is 9.53 Å². The van der Waals surface area contributed by atoms with Crippen molar-refractivity contribution in [1.82, 2.24) is 14.9 Å². The first-order valence-corrected chi connectivity index (χ1v) is 10.4. The van der Waals surface area contributed by atoms with E-state index >= 15 is 0 Å². The molecule has 1 aliphatic rings. The van der Waals surface area contributed by atoms with E-state index in [9.17, 15) is 4.79 Å². The molecular weight excluding hydrogens is 386 g/mol. The minimum absolute atomic E-state index is 0.0954. The Bertz CT molecular complexity index is 1030. The van der Waals surface area contributed by atoms with Crippen molar-refractivity contribution in [2.75, 3.05) is 18.3 Å². The van der Waals surface area contributed by atoms with Crippen molar-refractivity contribution in [2.24, 2.45) is 0 Å². The lowest BCUT2D eigenvalue weighted by molar-refractivity contribution is -0.115. The highest BCUT2D eigenvalue weighted by Gasteiger charge is 2.21. The number of benzene rings is 2. The lowest BCUT2D eigenvalue weighted by Gasteiger charge is -2.12. The van der Waals surface area contributed by atoms with E-state index in [1.165, 1.54) is 34.0 Å². The van der Waals surface area contributed by atoms with Crippen LogP contribution in [0.1, 0.15) is 24.5 Å². The number of nitrogen functional groups attached to an aromatic ring is 1. The van der Waals surface area contributed by atoms with Gasteiger partial charge in [0.2, 0.25) is 11.1 Å². The molecule has 7 nitrogen and oxygen atoms in total. The number of nitrogens with zero attached hydrogens (tertiary/aromatic N) is 3. The first-order chi connectivity index (χ1) is 14.0. The minimum Gasteiger partial charge on any atom is -0.497 e. The maximum Gasteiger partial charge on any atom is 0.237 e. The van der Waals surface area contributed by atoms with E-state index < -0.39 is 0 Å². The van der Waals surface area contributed by atoms with Gasteiger partial charge in [0.15, 0.2) is 5.82 Å². The molecule has 1 heterocycles. The smallest absolute Gasteiger partial charge is 0.237 e. The summed E-state index contributed by atoms with van der Waals surface area (Å²) in [5, 5.41) is 11.4. The molecule has 1 aromatic heterocycles. The Morgan fingerprint density at radius 2 is 1.93 bits per heavy atom. The van der Waals surface area contributed by atoms with Crippen LogP contribution in [0.15, 0.2) is 47.6 Å². The number of amides is 1. The zero-order chi connectivity index (χ0) is 20.4. The van der Waals surface area contributed by atoms with Gasteiger partial charge in [-0.05, 0) is 73.7 Å². The molecule has 8 heteroatoms. The van der Waals surface area contributed by atoms with Crippen LogP contribution in [0.5, 0.6) is 5.75 Å². The number of ether oxygens (including phenoxy) is 1. The van der Waals surface area contributed by atoms with Gasteiger partial charge in [-0.25, -0.2) is 4.68 Å². The molecule has 0 radical (unpaired) electrons. The summed E-state index contributed by atoms with van der Waals surface area (Å²) < 4.78 is 6.58. The number of hydrogen-bond acceptors (Lipinski definition) is 6. The minimum atomic E-state index is -0.376. The van der Waals surface area contributed by atoms with Crippen molar-refractivity contribution >= 4 is 23.4 Å². The van der Waals surface area contributed by atoms with Crippen molar-refractivity contribution in [1.29, 1.82) is 0 Å². The maximum absolute atomic E-state index is 12.6. The molecule has 1 amide bonds. The standard InChI is InChI=1S/C21H23N5O2S/c1-13(20(27)23-17-9-6-14-4-3-5-16(14)12-17)29-21-25-24-19(26(21)22)15-7-10-18(28-2)11-8-15/h6-13H,3-5,22H2,1-2H3,(H,23,27)/t13-/m0/s1. The largest absolute Gasteiger partial charge is 0.497 e. The van der Waals surface area contributed by atoms with Crippen LogP contribution in [0, 0.1) is 0 Å². The summed E-state index contributed by atoms with van der Waals surface area (Å²) in [6, 6.07) is 13.5. The number of nitrogens with two attached hydrogens (primary N) is 1. The Balaban J connectivity index is 1.43. The summed E-state index contributed by atoms with van der Waals surface area (Å²) in [4.78, 5) is 12.6. The number of carbonyl (C=O) groups excluding carboxylic acids is 1. The van der Waals surface area contributed by atoms with Gasteiger partial charge in [-0.1, -0.05) is 17.8 Å². The molecule has 3 aromatic rings. The molecule has 0 spiro atoms. The molecule has 0 aliphatic heterocycles. The molecule has 0 saturated carbocycles. The highest BCUT2D eigenvalue weighted by atomic mass is 32.2. The third-order valence-corrected chi connectivity index (χ3v) is 6.09. The zero-order valence-corrected chi connectivity index (χ0v) is 17.2. The topological polar surface area (TPSA) is 95.1 Å². The average Bonchev–Trinajstić information content (AvgIpc) is 3.34. The molecular formula is C21H23N5O2S. The summed E-state index contributed by atoms with van der Waals surface area (Å²) in [5.41, 5.74) is 4.36. The van der Waals surface area contributed by atoms with E-state index in [1.54, 1.807) is 7.11 Å². The number of methoxy groups -OCH3 is 1. The summed E-state index contributed by atoms with van der Waals surface area (Å²) in [6.07, 6.45) is 3.38. The summed E-state index contributed by atoms with van der Waals surface area (Å²) in [6.45, 7) is 1.83. The van der Waals surface area contributed by atoms with Crippen molar-refractivity contribution in [2.45, 2.75) is 36.6 Å². The third kappa shape index (κ3) is 4.07. The molecule has 150 valence electrons. The van der Waals surface area contributed by atoms with E-state index in [0.717, 1.165) is 29.8 Å². The van der Waals surface area contributed by atoms with E-state index in [4.69, 9.17) is 10.6 Å². The lowest BCUT2D eigenvalue weighted by Crippen LogP contribution is -2.23. The second kappa shape index (κ2) is 8.16. The number of rotatable bonds is 6. The van der Waals surface area contributed by atoms with E-state index in [-0.39, 0.29) is 11.2 Å². The Morgan fingerprint density at radius 3 is 2.69 bits per heavy atom. The van der Waals surface area contributed by atoms with E-state index in [0.29, 0.717) is 11.0 Å². The second-order valence-electron chi connectivity index (χ2n) is 6.99. The molecule has 0 bridgehead atoms. The molecule has 1 atom stereocenters. The predicted molar refractivity (Wildman–Crippen MR) is 115 cm³/mol. The average molecular weight is 410 g/mol. The summed E-state index contributed by atoms with van der Waals surface area (Å²) >= 11 is 1.27. The fourth-order valence-corrected chi connectivity index (χ4v) is 4.17. The van der Waals surface area contributed by atoms with Crippen LogP contribution < -0.4 is 15.9 Å². The highest BCUT2D eigenvalue weighted by molar-refractivity contribution is 8.00. The number of hydrogen-bond donors (Lipinski definition) is 2. The van der Waals surface area contributed by atoms with Crippen LogP contribution in [0.2, 0.25) is 0 Å². The number of aromatic nitrogens is 3. The van der Waals surface area contributed by atoms with Crippen LogP contribution in [0.3, 0.4) is 0 Å². The molecule has 29 heavy (non-hydrogen) atoms. The fourth-order valence-electron chi connectivity index (χ4n) is 3.40. The van der Waals surface area contributed by atoms with Crippen LogP contribution in [0.25, 0.3) is 11.4 Å². The van der Waals surface area contributed by atoms with Crippen LogP contribution in [-0.2, 0) is 17.6 Å².